The van der Waals surface area contributed by atoms with Crippen LogP contribution in [0.3, 0.4) is 0 Å². The van der Waals surface area contributed by atoms with Gasteiger partial charge < -0.3 is 10.3 Å². The van der Waals surface area contributed by atoms with Crippen LogP contribution in [0, 0.1) is 0 Å². The maximum atomic E-state index is 6.05. The average Bonchev–Trinajstić information content (AvgIpc) is 2.73. The molecule has 1 aliphatic heterocycles. The van der Waals surface area contributed by atoms with Crippen molar-refractivity contribution < 1.29 is 0 Å². The Bertz CT molecular complexity index is 514. The molecule has 0 spiro atoms. The van der Waals surface area contributed by atoms with E-state index in [1.807, 2.05) is 18.2 Å². The molecule has 1 fully saturated rings. The van der Waals surface area contributed by atoms with Crippen LogP contribution in [0.2, 0.25) is 5.02 Å². The van der Waals surface area contributed by atoms with Gasteiger partial charge in [0.25, 0.3) is 0 Å². The maximum absolute atomic E-state index is 6.05. The number of aromatic nitrogens is 1. The summed E-state index contributed by atoms with van der Waals surface area (Å²) in [6.07, 6.45) is 2.10. The van der Waals surface area contributed by atoms with Crippen LogP contribution in [0.15, 0.2) is 24.4 Å². The first-order valence-electron chi connectivity index (χ1n) is 6.01. The molecule has 90 valence electrons. The van der Waals surface area contributed by atoms with Crippen molar-refractivity contribution >= 4 is 22.5 Å². The van der Waals surface area contributed by atoms with Crippen LogP contribution in [-0.4, -0.2) is 36.1 Å². The van der Waals surface area contributed by atoms with E-state index < -0.39 is 0 Å². The van der Waals surface area contributed by atoms with Gasteiger partial charge in [0.1, 0.15) is 0 Å². The zero-order chi connectivity index (χ0) is 11.7. The largest absolute Gasteiger partial charge is 0.361 e. The zero-order valence-electron chi connectivity index (χ0n) is 9.67. The number of halogens is 1. The van der Waals surface area contributed by atoms with Gasteiger partial charge in [-0.2, -0.15) is 0 Å². The minimum absolute atomic E-state index is 0.804. The Morgan fingerprint density at radius 2 is 2.06 bits per heavy atom. The zero-order valence-corrected chi connectivity index (χ0v) is 10.4. The van der Waals surface area contributed by atoms with Gasteiger partial charge >= 0.3 is 0 Å². The van der Waals surface area contributed by atoms with Crippen molar-refractivity contribution in [3.8, 4) is 0 Å². The first-order chi connectivity index (χ1) is 8.33. The quantitative estimate of drug-likeness (QED) is 0.855. The summed E-state index contributed by atoms with van der Waals surface area (Å²) in [6, 6.07) is 6.01. The van der Waals surface area contributed by atoms with Crippen LogP contribution in [0.4, 0.5) is 0 Å². The predicted octanol–water partition coefficient (Wildman–Crippen LogP) is 2.23. The van der Waals surface area contributed by atoms with Gasteiger partial charge in [0.15, 0.2) is 0 Å². The lowest BCUT2D eigenvalue weighted by molar-refractivity contribution is 0.234. The molecular formula is C13H16ClN3. The summed E-state index contributed by atoms with van der Waals surface area (Å²) in [7, 11) is 0. The number of aromatic amines is 1. The van der Waals surface area contributed by atoms with Gasteiger partial charge in [-0.1, -0.05) is 11.6 Å². The smallest absolute Gasteiger partial charge is 0.0458 e. The second kappa shape index (κ2) is 4.69. The lowest BCUT2D eigenvalue weighted by atomic mass is 10.1. The topological polar surface area (TPSA) is 31.1 Å². The van der Waals surface area contributed by atoms with Crippen molar-refractivity contribution in [2.24, 2.45) is 0 Å². The highest BCUT2D eigenvalue weighted by Gasteiger charge is 2.12. The van der Waals surface area contributed by atoms with E-state index in [4.69, 9.17) is 11.6 Å². The number of hydrogen-bond donors (Lipinski definition) is 2. The summed E-state index contributed by atoms with van der Waals surface area (Å²) >= 11 is 6.05. The Hall–Kier alpha value is -1.03. The number of rotatable bonds is 2. The van der Waals surface area contributed by atoms with Crippen LogP contribution in [0.5, 0.6) is 0 Å². The monoisotopic (exact) mass is 249 g/mol. The van der Waals surface area contributed by atoms with E-state index in [0.717, 1.165) is 37.7 Å². The average molecular weight is 250 g/mol. The van der Waals surface area contributed by atoms with Gasteiger partial charge in [-0.25, -0.2) is 0 Å². The standard InChI is InChI=1S/C13H16ClN3/c14-11-1-2-13-12(7-11)10(8-16-13)9-17-5-3-15-4-6-17/h1-2,7-8,15-16H,3-6,9H2. The van der Waals surface area contributed by atoms with Gasteiger partial charge in [-0.05, 0) is 23.8 Å². The van der Waals surface area contributed by atoms with Gasteiger partial charge in [0.05, 0.1) is 0 Å². The molecule has 0 radical (unpaired) electrons. The highest BCUT2D eigenvalue weighted by molar-refractivity contribution is 6.31. The molecule has 1 aromatic heterocycles. The molecule has 0 atom stereocenters. The summed E-state index contributed by atoms with van der Waals surface area (Å²) < 4.78 is 0. The van der Waals surface area contributed by atoms with Crippen molar-refractivity contribution in [3.05, 3.63) is 35.0 Å². The summed E-state index contributed by atoms with van der Waals surface area (Å²) in [5.74, 6) is 0. The fraction of sp³-hybridized carbons (Fsp3) is 0.385. The lowest BCUT2D eigenvalue weighted by Crippen LogP contribution is -2.42. The number of nitrogens with zero attached hydrogens (tertiary/aromatic N) is 1. The van der Waals surface area contributed by atoms with Gasteiger partial charge in [-0.15, -0.1) is 0 Å². The Labute approximate surface area is 106 Å². The second-order valence-electron chi connectivity index (χ2n) is 4.53. The third-order valence-electron chi connectivity index (χ3n) is 3.33. The number of nitrogens with one attached hydrogen (secondary N) is 2. The molecule has 0 saturated carbocycles. The highest BCUT2D eigenvalue weighted by atomic mass is 35.5. The molecule has 3 rings (SSSR count). The fourth-order valence-electron chi connectivity index (χ4n) is 2.39. The van der Waals surface area contributed by atoms with E-state index in [1.165, 1.54) is 16.5 Å². The predicted molar refractivity (Wildman–Crippen MR) is 71.5 cm³/mol. The highest BCUT2D eigenvalue weighted by Crippen LogP contribution is 2.23. The molecule has 2 N–H and O–H groups in total. The van der Waals surface area contributed by atoms with Crippen molar-refractivity contribution in [1.82, 2.24) is 15.2 Å². The van der Waals surface area contributed by atoms with Crippen LogP contribution < -0.4 is 5.32 Å². The molecule has 0 unspecified atom stereocenters. The van der Waals surface area contributed by atoms with E-state index in [0.29, 0.717) is 0 Å². The Morgan fingerprint density at radius 3 is 2.88 bits per heavy atom. The van der Waals surface area contributed by atoms with E-state index in [-0.39, 0.29) is 0 Å². The van der Waals surface area contributed by atoms with Gasteiger partial charge in [0, 0.05) is 54.8 Å². The number of hydrogen-bond acceptors (Lipinski definition) is 2. The number of fused-ring (bicyclic) bond motifs is 1. The van der Waals surface area contributed by atoms with Crippen molar-refractivity contribution in [2.75, 3.05) is 26.2 Å². The molecule has 2 heterocycles. The summed E-state index contributed by atoms with van der Waals surface area (Å²) in [5, 5.41) is 5.42. The molecule has 0 amide bonds. The molecule has 2 aromatic rings. The molecule has 17 heavy (non-hydrogen) atoms. The van der Waals surface area contributed by atoms with E-state index in [2.05, 4.69) is 21.4 Å². The van der Waals surface area contributed by atoms with Gasteiger partial charge in [-0.3, -0.25) is 4.90 Å². The van der Waals surface area contributed by atoms with Crippen molar-refractivity contribution in [2.45, 2.75) is 6.54 Å². The first-order valence-corrected chi connectivity index (χ1v) is 6.39. The maximum Gasteiger partial charge on any atom is 0.0458 e. The molecule has 1 saturated heterocycles. The van der Waals surface area contributed by atoms with E-state index in [9.17, 15) is 0 Å². The van der Waals surface area contributed by atoms with Crippen molar-refractivity contribution in [3.63, 3.8) is 0 Å². The number of piperazine rings is 1. The minimum atomic E-state index is 0.804. The molecule has 0 aliphatic carbocycles. The Balaban J connectivity index is 1.86. The molecule has 1 aromatic carbocycles. The minimum Gasteiger partial charge on any atom is -0.361 e. The van der Waals surface area contributed by atoms with Crippen LogP contribution >= 0.6 is 11.6 Å². The summed E-state index contributed by atoms with van der Waals surface area (Å²) in [5.41, 5.74) is 2.50. The Morgan fingerprint density at radius 1 is 1.24 bits per heavy atom. The van der Waals surface area contributed by atoms with Gasteiger partial charge in [0.2, 0.25) is 0 Å². The SMILES string of the molecule is Clc1ccc2[nH]cc(CN3CCNCC3)c2c1. The summed E-state index contributed by atoms with van der Waals surface area (Å²) in [6.45, 7) is 5.41. The van der Waals surface area contributed by atoms with E-state index in [1.54, 1.807) is 0 Å². The molecule has 1 aliphatic rings. The first kappa shape index (κ1) is 11.1. The second-order valence-corrected chi connectivity index (χ2v) is 4.97. The third-order valence-corrected chi connectivity index (χ3v) is 3.57. The normalized spacial score (nSPS) is 17.7. The molecular weight excluding hydrogens is 234 g/mol. The van der Waals surface area contributed by atoms with Crippen LogP contribution in [0.25, 0.3) is 10.9 Å². The van der Waals surface area contributed by atoms with Crippen LogP contribution in [-0.2, 0) is 6.54 Å². The third kappa shape index (κ3) is 2.32. The Kier molecular flexibility index (Phi) is 3.05. The molecule has 4 heteroatoms. The van der Waals surface area contributed by atoms with Crippen molar-refractivity contribution in [1.29, 1.82) is 0 Å². The van der Waals surface area contributed by atoms with E-state index >= 15 is 0 Å². The summed E-state index contributed by atoms with van der Waals surface area (Å²) in [4.78, 5) is 5.78. The number of H-pyrrole nitrogens is 1. The molecule has 3 nitrogen and oxygen atoms in total. The molecule has 0 bridgehead atoms. The lowest BCUT2D eigenvalue weighted by Gasteiger charge is -2.26. The number of benzene rings is 1. The van der Waals surface area contributed by atoms with Crippen LogP contribution in [0.1, 0.15) is 5.56 Å². The fourth-order valence-corrected chi connectivity index (χ4v) is 2.56.